The van der Waals surface area contributed by atoms with Gasteiger partial charge in [-0.25, -0.2) is 9.97 Å². The first-order valence-electron chi connectivity index (χ1n) is 9.33. The summed E-state index contributed by atoms with van der Waals surface area (Å²) in [7, 11) is 0. The van der Waals surface area contributed by atoms with E-state index in [4.69, 9.17) is 15.5 Å². The van der Waals surface area contributed by atoms with E-state index in [0.717, 1.165) is 41.2 Å². The Balaban J connectivity index is 2.17. The van der Waals surface area contributed by atoms with Crippen LogP contribution in [0.15, 0.2) is 0 Å². The number of carbonyl (C=O) groups excluding carboxylic acids is 1. The Morgan fingerprint density at radius 1 is 1.22 bits per heavy atom. The Morgan fingerprint density at radius 3 is 2.56 bits per heavy atom. The zero-order valence-corrected chi connectivity index (χ0v) is 17.6. The number of carbonyl (C=O) groups is 1. The number of esters is 1. The van der Waals surface area contributed by atoms with Crippen molar-refractivity contribution < 1.29 is 9.53 Å². The normalized spacial score (nSPS) is 12.0. The van der Waals surface area contributed by atoms with Gasteiger partial charge in [-0.3, -0.25) is 4.79 Å². The average Bonchev–Trinajstić information content (AvgIpc) is 2.97. The van der Waals surface area contributed by atoms with Gasteiger partial charge in [0.2, 0.25) is 5.95 Å². The van der Waals surface area contributed by atoms with Gasteiger partial charge in [-0.15, -0.1) is 11.3 Å². The smallest absolute Gasteiger partial charge is 0.302 e. The van der Waals surface area contributed by atoms with Crippen LogP contribution in [0.1, 0.15) is 49.9 Å². The van der Waals surface area contributed by atoms with E-state index in [0.29, 0.717) is 24.9 Å². The fourth-order valence-corrected chi connectivity index (χ4v) is 3.98. The van der Waals surface area contributed by atoms with Crippen molar-refractivity contribution in [3.8, 4) is 10.6 Å². The molecule has 27 heavy (non-hydrogen) atoms. The van der Waals surface area contributed by atoms with Gasteiger partial charge in [0.15, 0.2) is 0 Å². The molecule has 2 aromatic rings. The molecule has 2 heterocycles. The van der Waals surface area contributed by atoms with E-state index in [1.54, 1.807) is 11.3 Å². The second-order valence-corrected chi connectivity index (χ2v) is 7.65. The summed E-state index contributed by atoms with van der Waals surface area (Å²) >= 11 is 1.67. The number of hydrogen-bond donors (Lipinski definition) is 2. The Labute approximate surface area is 164 Å². The van der Waals surface area contributed by atoms with E-state index in [1.807, 2.05) is 13.8 Å². The number of aryl methyl sites for hydroxylation is 3. The zero-order chi connectivity index (χ0) is 20.0. The van der Waals surface area contributed by atoms with Crippen molar-refractivity contribution in [1.82, 2.24) is 15.0 Å². The number of hydrogen-bond acceptors (Lipinski definition) is 8. The summed E-state index contributed by atoms with van der Waals surface area (Å²) in [6, 6.07) is 0. The first-order chi connectivity index (χ1) is 12.8. The number of nitrogens with zero attached hydrogens (tertiary/aromatic N) is 3. The Kier molecular flexibility index (Phi) is 7.53. The van der Waals surface area contributed by atoms with E-state index in [9.17, 15) is 4.79 Å². The lowest BCUT2D eigenvalue weighted by Crippen LogP contribution is -2.17. The number of anilines is 2. The highest BCUT2D eigenvalue weighted by Gasteiger charge is 2.18. The molecule has 1 unspecified atom stereocenters. The molecular weight excluding hydrogens is 362 g/mol. The summed E-state index contributed by atoms with van der Waals surface area (Å²) in [6.45, 7) is 10.8. The SMILES string of the molecule is CCc1sc(-c2c(C)nc(N)nc2NCCC(CC)COC(C)=O)nc1C. The number of nitrogens with one attached hydrogen (secondary N) is 1. The molecule has 0 saturated carbocycles. The predicted molar refractivity (Wildman–Crippen MR) is 110 cm³/mol. The molecule has 3 N–H and O–H groups in total. The van der Waals surface area contributed by atoms with Crippen LogP contribution in [0.3, 0.4) is 0 Å². The van der Waals surface area contributed by atoms with E-state index >= 15 is 0 Å². The number of thiazole rings is 1. The van der Waals surface area contributed by atoms with Gasteiger partial charge in [0, 0.05) is 18.3 Å². The van der Waals surface area contributed by atoms with Crippen LogP contribution >= 0.6 is 11.3 Å². The molecule has 0 fully saturated rings. The quantitative estimate of drug-likeness (QED) is 0.627. The van der Waals surface area contributed by atoms with Crippen LogP contribution in [0.25, 0.3) is 10.6 Å². The van der Waals surface area contributed by atoms with E-state index < -0.39 is 0 Å². The Morgan fingerprint density at radius 2 is 1.96 bits per heavy atom. The highest BCUT2D eigenvalue weighted by Crippen LogP contribution is 2.34. The molecule has 0 radical (unpaired) electrons. The molecule has 0 aliphatic heterocycles. The van der Waals surface area contributed by atoms with Crippen LogP contribution in [0.4, 0.5) is 11.8 Å². The van der Waals surface area contributed by atoms with Crippen molar-refractivity contribution in [2.24, 2.45) is 5.92 Å². The molecule has 2 rings (SSSR count). The van der Waals surface area contributed by atoms with Crippen molar-refractivity contribution in [3.63, 3.8) is 0 Å². The number of nitrogens with two attached hydrogens (primary N) is 1. The highest BCUT2D eigenvalue weighted by atomic mass is 32.1. The van der Waals surface area contributed by atoms with Gasteiger partial charge < -0.3 is 15.8 Å². The van der Waals surface area contributed by atoms with Gasteiger partial charge in [-0.2, -0.15) is 4.98 Å². The fourth-order valence-electron chi connectivity index (χ4n) is 2.88. The third kappa shape index (κ3) is 5.63. The van der Waals surface area contributed by atoms with Gasteiger partial charge in [0.05, 0.1) is 23.6 Å². The molecule has 0 aliphatic carbocycles. The van der Waals surface area contributed by atoms with Crippen LogP contribution in [-0.2, 0) is 16.0 Å². The summed E-state index contributed by atoms with van der Waals surface area (Å²) in [6.07, 6.45) is 2.76. The third-order valence-electron chi connectivity index (χ3n) is 4.48. The minimum atomic E-state index is -0.242. The maximum atomic E-state index is 11.0. The van der Waals surface area contributed by atoms with Crippen molar-refractivity contribution in [3.05, 3.63) is 16.3 Å². The van der Waals surface area contributed by atoms with Gasteiger partial charge in [-0.05, 0) is 39.0 Å². The van der Waals surface area contributed by atoms with Crippen LogP contribution in [0.2, 0.25) is 0 Å². The molecule has 8 heteroatoms. The Hall–Kier alpha value is -2.22. The number of ether oxygens (including phenoxy) is 1. The first kappa shape index (κ1) is 21.1. The summed E-state index contributed by atoms with van der Waals surface area (Å²) < 4.78 is 5.14. The molecular formula is C19H29N5O2S. The standard InChI is InChI=1S/C19H29N5O2S/c1-6-14(10-26-13(5)25)8-9-21-17-16(12(4)23-19(20)24-17)18-22-11(3)15(7-2)27-18/h14H,6-10H2,1-5H3,(H3,20,21,23,24). The molecule has 0 aromatic carbocycles. The second-order valence-electron chi connectivity index (χ2n) is 6.56. The average molecular weight is 392 g/mol. The minimum Gasteiger partial charge on any atom is -0.466 e. The molecule has 7 nitrogen and oxygen atoms in total. The maximum absolute atomic E-state index is 11.0. The molecule has 0 spiro atoms. The second kappa shape index (κ2) is 9.64. The summed E-state index contributed by atoms with van der Waals surface area (Å²) in [4.78, 5) is 25.7. The first-order valence-corrected chi connectivity index (χ1v) is 10.1. The predicted octanol–water partition coefficient (Wildman–Crippen LogP) is 3.75. The molecule has 0 amide bonds. The van der Waals surface area contributed by atoms with E-state index in [1.165, 1.54) is 11.8 Å². The Bertz CT molecular complexity index is 791. The summed E-state index contributed by atoms with van der Waals surface area (Å²) in [5.74, 6) is 1.01. The highest BCUT2D eigenvalue weighted by molar-refractivity contribution is 7.15. The van der Waals surface area contributed by atoms with Crippen molar-refractivity contribution in [2.45, 2.75) is 53.9 Å². The topological polar surface area (TPSA) is 103 Å². The third-order valence-corrected chi connectivity index (χ3v) is 5.80. The molecule has 0 aliphatic rings. The molecule has 148 valence electrons. The van der Waals surface area contributed by atoms with Crippen LogP contribution in [0, 0.1) is 19.8 Å². The van der Waals surface area contributed by atoms with E-state index in [2.05, 4.69) is 29.1 Å². The van der Waals surface area contributed by atoms with Gasteiger partial charge >= 0.3 is 5.97 Å². The van der Waals surface area contributed by atoms with Crippen LogP contribution in [0.5, 0.6) is 0 Å². The summed E-state index contributed by atoms with van der Waals surface area (Å²) in [5, 5.41) is 4.30. The monoisotopic (exact) mass is 391 g/mol. The van der Waals surface area contributed by atoms with Gasteiger partial charge in [0.25, 0.3) is 0 Å². The fraction of sp³-hybridized carbons (Fsp3) is 0.579. The lowest BCUT2D eigenvalue weighted by Gasteiger charge is -2.16. The van der Waals surface area contributed by atoms with Gasteiger partial charge in [0.1, 0.15) is 10.8 Å². The lowest BCUT2D eigenvalue weighted by molar-refractivity contribution is -0.142. The van der Waals surface area contributed by atoms with Crippen LogP contribution in [-0.4, -0.2) is 34.1 Å². The largest absolute Gasteiger partial charge is 0.466 e. The summed E-state index contributed by atoms with van der Waals surface area (Å²) in [5.41, 5.74) is 8.64. The number of rotatable bonds is 9. The number of aromatic nitrogens is 3. The lowest BCUT2D eigenvalue weighted by atomic mass is 10.0. The van der Waals surface area contributed by atoms with Crippen LogP contribution < -0.4 is 11.1 Å². The zero-order valence-electron chi connectivity index (χ0n) is 16.8. The molecule has 2 aromatic heterocycles. The number of nitrogen functional groups attached to an aromatic ring is 1. The van der Waals surface area contributed by atoms with Crippen molar-refractivity contribution in [2.75, 3.05) is 24.2 Å². The van der Waals surface area contributed by atoms with E-state index in [-0.39, 0.29) is 11.9 Å². The molecule has 0 bridgehead atoms. The molecule has 0 saturated heterocycles. The minimum absolute atomic E-state index is 0.242. The molecule has 1 atom stereocenters. The maximum Gasteiger partial charge on any atom is 0.302 e. The van der Waals surface area contributed by atoms with Gasteiger partial charge in [-0.1, -0.05) is 13.8 Å². The van der Waals surface area contributed by atoms with Crippen molar-refractivity contribution in [1.29, 1.82) is 0 Å². The van der Waals surface area contributed by atoms with Crippen molar-refractivity contribution >= 4 is 29.1 Å².